The van der Waals surface area contributed by atoms with Crippen LogP contribution in [-0.4, -0.2) is 39.2 Å². The second-order valence-corrected chi connectivity index (χ2v) is 4.90. The predicted octanol–water partition coefficient (Wildman–Crippen LogP) is 0.665. The molecular weight excluding hydrogens is 328 g/mol. The van der Waals surface area contributed by atoms with Crippen molar-refractivity contribution in [2.24, 2.45) is 0 Å². The number of rotatable bonds is 5. The zero-order valence-electron chi connectivity index (χ0n) is 7.55. The van der Waals surface area contributed by atoms with E-state index in [-0.39, 0.29) is 0 Å². The summed E-state index contributed by atoms with van der Waals surface area (Å²) in [5.41, 5.74) is 0. The fourth-order valence-electron chi connectivity index (χ4n) is 0.607. The second-order valence-electron chi connectivity index (χ2n) is 2.75. The van der Waals surface area contributed by atoms with Gasteiger partial charge in [-0.1, -0.05) is 0 Å². The van der Waals surface area contributed by atoms with E-state index in [1.807, 2.05) is 0 Å². The van der Waals surface area contributed by atoms with Gasteiger partial charge >= 0.3 is 22.4 Å². The Morgan fingerprint density at radius 3 is 0.778 bits per heavy atom. The van der Waals surface area contributed by atoms with Gasteiger partial charge in [-0.25, -0.2) is 16.8 Å². The van der Waals surface area contributed by atoms with Crippen molar-refractivity contribution < 1.29 is 52.0 Å². The average Bonchev–Trinajstić information content (AvgIpc) is 2.15. The standard InChI is InChI=1S/C4H2F8O4S2/c5-1(6,3(9,10)17(13)14)2(7,8)4(11,12)18(15)16/h17-18H. The highest BCUT2D eigenvalue weighted by Crippen LogP contribution is 2.53. The van der Waals surface area contributed by atoms with Crippen LogP contribution < -0.4 is 0 Å². The van der Waals surface area contributed by atoms with Crippen LogP contribution in [0.4, 0.5) is 35.1 Å². The predicted molar refractivity (Wildman–Crippen MR) is 40.4 cm³/mol. The van der Waals surface area contributed by atoms with E-state index in [1.165, 1.54) is 0 Å². The molecule has 0 amide bonds. The lowest BCUT2D eigenvalue weighted by molar-refractivity contribution is -0.324. The van der Waals surface area contributed by atoms with Crippen molar-refractivity contribution in [3.8, 4) is 0 Å². The van der Waals surface area contributed by atoms with E-state index in [1.54, 1.807) is 0 Å². The van der Waals surface area contributed by atoms with Crippen LogP contribution in [-0.2, 0) is 21.4 Å². The van der Waals surface area contributed by atoms with E-state index in [0.29, 0.717) is 0 Å². The zero-order valence-corrected chi connectivity index (χ0v) is 9.34. The largest absolute Gasteiger partial charge is 0.411 e. The SMILES string of the molecule is O=[SH](=O)C(F)(F)C(F)(F)C(F)(F)C(F)(F)[SH](=O)=O. The van der Waals surface area contributed by atoms with Crippen LogP contribution in [0.1, 0.15) is 0 Å². The molecule has 0 rings (SSSR count). The Kier molecular flexibility index (Phi) is 4.30. The Hall–Kier alpha value is -0.660. The van der Waals surface area contributed by atoms with Crippen molar-refractivity contribution in [3.63, 3.8) is 0 Å². The molecule has 0 aromatic carbocycles. The van der Waals surface area contributed by atoms with Gasteiger partial charge in [-0.05, 0) is 0 Å². The summed E-state index contributed by atoms with van der Waals surface area (Å²) >= 11 is 0. The molecule has 0 aliphatic rings. The molecule has 0 aromatic rings. The summed E-state index contributed by atoms with van der Waals surface area (Å²) < 4.78 is 138. The van der Waals surface area contributed by atoms with E-state index < -0.39 is 43.8 Å². The van der Waals surface area contributed by atoms with Gasteiger partial charge in [-0.15, -0.1) is 0 Å². The maximum Gasteiger partial charge on any atom is 0.411 e. The van der Waals surface area contributed by atoms with Crippen molar-refractivity contribution >= 4 is 21.4 Å². The third-order valence-electron chi connectivity index (χ3n) is 1.61. The molecule has 0 N–H and O–H groups in total. The molecule has 0 bridgehead atoms. The molecule has 4 nitrogen and oxygen atoms in total. The molecule has 0 fully saturated rings. The lowest BCUT2D eigenvalue weighted by atomic mass is 10.2. The van der Waals surface area contributed by atoms with Crippen molar-refractivity contribution in [3.05, 3.63) is 0 Å². The molecule has 0 aromatic heterocycles. The molecule has 18 heavy (non-hydrogen) atoms. The first-order valence-corrected chi connectivity index (χ1v) is 5.79. The van der Waals surface area contributed by atoms with Crippen molar-refractivity contribution in [2.45, 2.75) is 22.4 Å². The normalized spacial score (nSPS) is 15.4. The number of thiol groups is 2. The Balaban J connectivity index is 6.05. The van der Waals surface area contributed by atoms with Crippen molar-refractivity contribution in [2.75, 3.05) is 0 Å². The van der Waals surface area contributed by atoms with Crippen LogP contribution >= 0.6 is 0 Å². The second kappa shape index (κ2) is 4.47. The summed E-state index contributed by atoms with van der Waals surface area (Å²) in [6.45, 7) is 0. The Morgan fingerprint density at radius 2 is 0.667 bits per heavy atom. The van der Waals surface area contributed by atoms with Gasteiger partial charge < -0.3 is 0 Å². The monoisotopic (exact) mass is 330 g/mol. The van der Waals surface area contributed by atoms with Crippen LogP contribution in [0.3, 0.4) is 0 Å². The Morgan fingerprint density at radius 1 is 0.500 bits per heavy atom. The van der Waals surface area contributed by atoms with E-state index in [2.05, 4.69) is 0 Å². The quantitative estimate of drug-likeness (QED) is 0.574. The third kappa shape index (κ3) is 2.15. The molecule has 0 saturated heterocycles. The molecule has 14 heteroatoms. The highest BCUT2D eigenvalue weighted by atomic mass is 32.2. The molecule has 0 heterocycles. The van der Waals surface area contributed by atoms with E-state index >= 15 is 0 Å². The van der Waals surface area contributed by atoms with Crippen molar-refractivity contribution in [1.82, 2.24) is 0 Å². The molecule has 0 unspecified atom stereocenters. The lowest BCUT2D eigenvalue weighted by Crippen LogP contribution is -2.62. The summed E-state index contributed by atoms with van der Waals surface area (Å²) in [6, 6.07) is 0. The minimum atomic E-state index is -7.12. The van der Waals surface area contributed by atoms with Gasteiger partial charge in [0.05, 0.1) is 0 Å². The Bertz CT molecular complexity index is 417. The molecule has 0 radical (unpaired) electrons. The third-order valence-corrected chi connectivity index (χ3v) is 3.09. The van der Waals surface area contributed by atoms with Gasteiger partial charge in [0, 0.05) is 0 Å². The number of halogens is 8. The van der Waals surface area contributed by atoms with Crippen LogP contribution in [0.2, 0.25) is 0 Å². The van der Waals surface area contributed by atoms with Gasteiger partial charge in [0.2, 0.25) is 21.4 Å². The first kappa shape index (κ1) is 17.3. The molecule has 0 aliphatic heterocycles. The van der Waals surface area contributed by atoms with Crippen LogP contribution in [0, 0.1) is 0 Å². The van der Waals surface area contributed by atoms with E-state index in [0.717, 1.165) is 0 Å². The smallest absolute Gasteiger partial charge is 0.225 e. The lowest BCUT2D eigenvalue weighted by Gasteiger charge is -2.31. The molecule has 0 saturated carbocycles. The number of alkyl halides is 8. The summed E-state index contributed by atoms with van der Waals surface area (Å²) in [5, 5.41) is -13.1. The summed E-state index contributed by atoms with van der Waals surface area (Å²) in [4.78, 5) is 0. The van der Waals surface area contributed by atoms with Gasteiger partial charge in [0.25, 0.3) is 0 Å². The number of hydrogen-bond donors (Lipinski definition) is 2. The van der Waals surface area contributed by atoms with Gasteiger partial charge in [0.1, 0.15) is 0 Å². The summed E-state index contributed by atoms with van der Waals surface area (Å²) in [5.74, 6) is -14.2. The van der Waals surface area contributed by atoms with Crippen LogP contribution in [0.5, 0.6) is 0 Å². The maximum atomic E-state index is 12.5. The van der Waals surface area contributed by atoms with Gasteiger partial charge in [0.15, 0.2) is 0 Å². The Labute approximate surface area is 96.5 Å². The van der Waals surface area contributed by atoms with Crippen molar-refractivity contribution in [1.29, 1.82) is 0 Å². The minimum absolute atomic E-state index is 5.56. The highest BCUT2D eigenvalue weighted by Gasteiger charge is 2.83. The van der Waals surface area contributed by atoms with E-state index in [9.17, 15) is 52.0 Å². The topological polar surface area (TPSA) is 68.3 Å². The first-order chi connectivity index (χ1) is 7.64. The summed E-state index contributed by atoms with van der Waals surface area (Å²) in [6.07, 6.45) is 0. The molecule has 110 valence electrons. The highest BCUT2D eigenvalue weighted by molar-refractivity contribution is 7.74. The van der Waals surface area contributed by atoms with Crippen LogP contribution in [0.25, 0.3) is 0 Å². The fourth-order valence-corrected chi connectivity index (χ4v) is 1.35. The minimum Gasteiger partial charge on any atom is -0.225 e. The molecule has 0 aliphatic carbocycles. The fraction of sp³-hybridized carbons (Fsp3) is 1.00. The van der Waals surface area contributed by atoms with Gasteiger partial charge in [-0.3, -0.25) is 0 Å². The zero-order chi connectivity index (χ0) is 15.2. The number of hydrogen-bond acceptors (Lipinski definition) is 4. The molecular formula is C4H2F8O4S2. The summed E-state index contributed by atoms with van der Waals surface area (Å²) in [7, 11) is -11.1. The maximum absolute atomic E-state index is 12.5. The van der Waals surface area contributed by atoms with Gasteiger partial charge in [-0.2, -0.15) is 35.1 Å². The van der Waals surface area contributed by atoms with Crippen LogP contribution in [0.15, 0.2) is 0 Å². The first-order valence-electron chi connectivity index (χ1n) is 3.44. The average molecular weight is 330 g/mol. The molecule has 0 spiro atoms. The molecule has 0 atom stereocenters. The van der Waals surface area contributed by atoms with E-state index in [4.69, 9.17) is 0 Å².